The summed E-state index contributed by atoms with van der Waals surface area (Å²) < 4.78 is 29.2. The van der Waals surface area contributed by atoms with Crippen LogP contribution >= 0.6 is 0 Å². The molecule has 27 heavy (non-hydrogen) atoms. The number of benzene rings is 2. The number of hydrogen-bond donors (Lipinski definition) is 0. The highest BCUT2D eigenvalue weighted by atomic mass is 32.2. The van der Waals surface area contributed by atoms with Crippen molar-refractivity contribution in [3.8, 4) is 0 Å². The molecule has 2 rings (SSSR count). The molecule has 0 aliphatic heterocycles. The minimum Gasteiger partial charge on any atom is -0.270 e. The summed E-state index contributed by atoms with van der Waals surface area (Å²) in [6, 6.07) is 18.6. The molecular formula is C23H32O3S. The van der Waals surface area contributed by atoms with Gasteiger partial charge in [0.25, 0.3) is 10.1 Å². The van der Waals surface area contributed by atoms with Gasteiger partial charge in [-0.3, -0.25) is 4.18 Å². The fourth-order valence-corrected chi connectivity index (χ4v) is 4.13. The molecular weight excluding hydrogens is 356 g/mol. The third-order valence-electron chi connectivity index (χ3n) is 4.64. The minimum atomic E-state index is -3.43. The van der Waals surface area contributed by atoms with E-state index in [9.17, 15) is 8.42 Å². The zero-order chi connectivity index (χ0) is 19.4. The first kappa shape index (κ1) is 21.6. The van der Waals surface area contributed by atoms with Crippen molar-refractivity contribution in [3.63, 3.8) is 0 Å². The van der Waals surface area contributed by atoms with Crippen LogP contribution in [-0.4, -0.2) is 20.8 Å². The maximum Gasteiger partial charge on any atom is 0.267 e. The van der Waals surface area contributed by atoms with Crippen LogP contribution in [0.3, 0.4) is 0 Å². The average Bonchev–Trinajstić information content (AvgIpc) is 2.67. The van der Waals surface area contributed by atoms with Crippen molar-refractivity contribution in [1.82, 2.24) is 0 Å². The zero-order valence-electron chi connectivity index (χ0n) is 16.4. The van der Waals surface area contributed by atoms with Crippen LogP contribution in [0, 0.1) is 0 Å². The lowest BCUT2D eigenvalue weighted by atomic mass is 10.0. The Morgan fingerprint density at radius 1 is 0.741 bits per heavy atom. The van der Waals surface area contributed by atoms with Gasteiger partial charge in [-0.15, -0.1) is 0 Å². The van der Waals surface area contributed by atoms with E-state index < -0.39 is 10.1 Å². The summed E-state index contributed by atoms with van der Waals surface area (Å²) in [5.41, 5.74) is 3.79. The van der Waals surface area contributed by atoms with Gasteiger partial charge in [-0.25, -0.2) is 0 Å². The van der Waals surface area contributed by atoms with Crippen molar-refractivity contribution >= 4 is 10.1 Å². The summed E-state index contributed by atoms with van der Waals surface area (Å²) in [5.74, 6) is 0.0782. The Morgan fingerprint density at radius 3 is 2.07 bits per heavy atom. The maximum absolute atomic E-state index is 12.0. The molecule has 0 saturated heterocycles. The molecule has 0 aliphatic rings. The molecule has 0 N–H and O–H groups in total. The van der Waals surface area contributed by atoms with Crippen molar-refractivity contribution < 1.29 is 12.6 Å². The van der Waals surface area contributed by atoms with Crippen LogP contribution in [0.1, 0.15) is 55.7 Å². The molecule has 2 aromatic rings. The number of hydrogen-bond acceptors (Lipinski definition) is 3. The predicted octanol–water partition coefficient (Wildman–Crippen LogP) is 5.33. The lowest BCUT2D eigenvalue weighted by Gasteiger charge is -2.07. The molecule has 148 valence electrons. The van der Waals surface area contributed by atoms with E-state index in [2.05, 4.69) is 31.2 Å². The Labute approximate surface area is 164 Å². The second-order valence-electron chi connectivity index (χ2n) is 7.05. The minimum absolute atomic E-state index is 0.0782. The standard InChI is InChI=1S/C23H32O3S/c1-2-3-5-13-22-14-8-15-23(20-22)16-9-18-26-27(24,25)19-10-17-21-11-6-4-7-12-21/h4,6-8,11-12,14-15,20H,2-3,5,9-10,13,16-19H2,1H3. The fourth-order valence-electron chi connectivity index (χ4n) is 3.14. The van der Waals surface area contributed by atoms with Gasteiger partial charge in [0.05, 0.1) is 12.4 Å². The summed E-state index contributed by atoms with van der Waals surface area (Å²) in [5, 5.41) is 0. The molecule has 0 aromatic heterocycles. The summed E-state index contributed by atoms with van der Waals surface area (Å²) in [4.78, 5) is 0. The van der Waals surface area contributed by atoms with E-state index in [1.165, 1.54) is 30.4 Å². The SMILES string of the molecule is CCCCCc1cccc(CCCOS(=O)(=O)CCCc2ccccc2)c1. The first-order valence-corrected chi connectivity index (χ1v) is 11.7. The molecule has 0 fully saturated rings. The third kappa shape index (κ3) is 9.21. The first-order valence-electron chi connectivity index (χ1n) is 10.1. The normalized spacial score (nSPS) is 11.6. The van der Waals surface area contributed by atoms with E-state index in [-0.39, 0.29) is 12.4 Å². The van der Waals surface area contributed by atoms with Gasteiger partial charge >= 0.3 is 0 Å². The van der Waals surface area contributed by atoms with Crippen LogP contribution in [0.4, 0.5) is 0 Å². The predicted molar refractivity (Wildman–Crippen MR) is 112 cm³/mol. The molecule has 0 heterocycles. The topological polar surface area (TPSA) is 43.4 Å². The van der Waals surface area contributed by atoms with E-state index >= 15 is 0 Å². The van der Waals surface area contributed by atoms with Gasteiger partial charge in [0.2, 0.25) is 0 Å². The Bertz CT molecular complexity index is 754. The second kappa shape index (κ2) is 11.9. The highest BCUT2D eigenvalue weighted by Gasteiger charge is 2.11. The van der Waals surface area contributed by atoms with Crippen molar-refractivity contribution in [2.75, 3.05) is 12.4 Å². The van der Waals surface area contributed by atoms with Gasteiger partial charge in [0.1, 0.15) is 0 Å². The van der Waals surface area contributed by atoms with Gasteiger partial charge < -0.3 is 0 Å². The van der Waals surface area contributed by atoms with E-state index in [0.717, 1.165) is 31.2 Å². The Hall–Kier alpha value is -1.65. The highest BCUT2D eigenvalue weighted by Crippen LogP contribution is 2.12. The van der Waals surface area contributed by atoms with Crippen molar-refractivity contribution in [1.29, 1.82) is 0 Å². The fraction of sp³-hybridized carbons (Fsp3) is 0.478. The van der Waals surface area contributed by atoms with Gasteiger partial charge in [-0.1, -0.05) is 74.4 Å². The molecule has 0 amide bonds. The molecule has 0 aliphatic carbocycles. The molecule has 0 spiro atoms. The summed E-state index contributed by atoms with van der Waals surface area (Å²) >= 11 is 0. The Balaban J connectivity index is 1.65. The second-order valence-corrected chi connectivity index (χ2v) is 8.81. The average molecular weight is 389 g/mol. The largest absolute Gasteiger partial charge is 0.270 e. The van der Waals surface area contributed by atoms with Gasteiger partial charge in [-0.2, -0.15) is 8.42 Å². The molecule has 2 aromatic carbocycles. The van der Waals surface area contributed by atoms with Crippen molar-refractivity contribution in [2.24, 2.45) is 0 Å². The number of rotatable bonds is 13. The van der Waals surface area contributed by atoms with Crippen LogP contribution < -0.4 is 0 Å². The summed E-state index contributed by atoms with van der Waals surface area (Å²) in [7, 11) is -3.43. The van der Waals surface area contributed by atoms with Crippen LogP contribution in [-0.2, 0) is 33.6 Å². The Kier molecular flexibility index (Phi) is 9.57. The van der Waals surface area contributed by atoms with Crippen molar-refractivity contribution in [3.05, 3.63) is 71.3 Å². The number of aryl methyl sites for hydroxylation is 3. The van der Waals surface area contributed by atoms with Crippen LogP contribution in [0.25, 0.3) is 0 Å². The molecule has 3 nitrogen and oxygen atoms in total. The van der Waals surface area contributed by atoms with Gasteiger partial charge in [-0.05, 0) is 55.2 Å². The Morgan fingerprint density at radius 2 is 1.37 bits per heavy atom. The molecule has 0 atom stereocenters. The number of unbranched alkanes of at least 4 members (excludes halogenated alkanes) is 2. The lowest BCUT2D eigenvalue weighted by Crippen LogP contribution is -2.12. The van der Waals surface area contributed by atoms with Crippen LogP contribution in [0.5, 0.6) is 0 Å². The highest BCUT2D eigenvalue weighted by molar-refractivity contribution is 7.86. The quantitative estimate of drug-likeness (QED) is 0.344. The van der Waals surface area contributed by atoms with Crippen LogP contribution in [0.15, 0.2) is 54.6 Å². The monoisotopic (exact) mass is 388 g/mol. The summed E-state index contributed by atoms with van der Waals surface area (Å²) in [6.45, 7) is 2.47. The maximum atomic E-state index is 12.0. The van der Waals surface area contributed by atoms with Crippen molar-refractivity contribution in [2.45, 2.75) is 58.3 Å². The smallest absolute Gasteiger partial charge is 0.267 e. The van der Waals surface area contributed by atoms with Gasteiger partial charge in [0.15, 0.2) is 0 Å². The van der Waals surface area contributed by atoms with Crippen LogP contribution in [0.2, 0.25) is 0 Å². The van der Waals surface area contributed by atoms with E-state index in [0.29, 0.717) is 6.42 Å². The molecule has 0 saturated carbocycles. The third-order valence-corrected chi connectivity index (χ3v) is 5.95. The summed E-state index contributed by atoms with van der Waals surface area (Å²) in [6.07, 6.45) is 7.76. The lowest BCUT2D eigenvalue weighted by molar-refractivity contribution is 0.312. The van der Waals surface area contributed by atoms with Gasteiger partial charge in [0, 0.05) is 0 Å². The van der Waals surface area contributed by atoms with E-state index in [1.807, 2.05) is 30.3 Å². The van der Waals surface area contributed by atoms with E-state index in [1.54, 1.807) is 0 Å². The molecule has 0 unspecified atom stereocenters. The molecule has 4 heteroatoms. The van der Waals surface area contributed by atoms with E-state index in [4.69, 9.17) is 4.18 Å². The molecule has 0 bridgehead atoms. The first-order chi connectivity index (χ1) is 13.1. The zero-order valence-corrected chi connectivity index (χ0v) is 17.2. The molecule has 0 radical (unpaired) electrons.